The van der Waals surface area contributed by atoms with Crippen molar-refractivity contribution in [2.75, 3.05) is 48.8 Å². The lowest BCUT2D eigenvalue weighted by molar-refractivity contribution is 0.313. The van der Waals surface area contributed by atoms with Crippen LogP contribution in [0.5, 0.6) is 0 Å². The molecule has 0 saturated carbocycles. The number of aromatic amines is 1. The highest BCUT2D eigenvalue weighted by molar-refractivity contribution is 5.94. The molecule has 0 amide bonds. The standard InChI is InChI=1S/C22H24N8/c1-28-12-14-29(15-13-28)16-6-8-17(9-7-16)30(22-24-11-10-20(23)25-22)21-18-4-2-3-5-19(18)26-27-21/h2-11H,12-15H2,1H3,(H,26,27)(H2,23,24,25). The third-order valence-electron chi connectivity index (χ3n) is 5.50. The van der Waals surface area contributed by atoms with Crippen LogP contribution in [-0.4, -0.2) is 58.3 Å². The number of H-pyrrole nitrogens is 1. The summed E-state index contributed by atoms with van der Waals surface area (Å²) in [6, 6.07) is 18.2. The van der Waals surface area contributed by atoms with E-state index < -0.39 is 0 Å². The minimum Gasteiger partial charge on any atom is -0.384 e. The highest BCUT2D eigenvalue weighted by atomic mass is 15.3. The van der Waals surface area contributed by atoms with Crippen LogP contribution in [0.15, 0.2) is 60.8 Å². The molecule has 0 atom stereocenters. The van der Waals surface area contributed by atoms with Crippen LogP contribution >= 0.6 is 0 Å². The summed E-state index contributed by atoms with van der Waals surface area (Å²) in [5.74, 6) is 1.64. The predicted octanol–water partition coefficient (Wildman–Crippen LogP) is 3.16. The summed E-state index contributed by atoms with van der Waals surface area (Å²) in [7, 11) is 2.16. The van der Waals surface area contributed by atoms with Gasteiger partial charge in [-0.05, 0) is 49.5 Å². The van der Waals surface area contributed by atoms with Gasteiger partial charge in [-0.25, -0.2) is 4.98 Å². The van der Waals surface area contributed by atoms with Crippen molar-refractivity contribution >= 4 is 39.9 Å². The maximum atomic E-state index is 5.96. The van der Waals surface area contributed by atoms with Gasteiger partial charge in [0, 0.05) is 43.4 Å². The van der Waals surface area contributed by atoms with Crippen LogP contribution in [0.1, 0.15) is 0 Å². The van der Waals surface area contributed by atoms with Gasteiger partial charge in [-0.3, -0.25) is 10.00 Å². The second-order valence-electron chi connectivity index (χ2n) is 7.52. The first-order valence-corrected chi connectivity index (χ1v) is 10.0. The molecule has 0 spiro atoms. The summed E-state index contributed by atoms with van der Waals surface area (Å²) in [4.78, 5) is 15.6. The summed E-state index contributed by atoms with van der Waals surface area (Å²) in [5.41, 5.74) is 9.05. The van der Waals surface area contributed by atoms with E-state index in [1.54, 1.807) is 12.3 Å². The van der Waals surface area contributed by atoms with Crippen molar-refractivity contribution in [2.24, 2.45) is 0 Å². The van der Waals surface area contributed by atoms with Crippen LogP contribution in [0.3, 0.4) is 0 Å². The second kappa shape index (κ2) is 7.64. The van der Waals surface area contributed by atoms with Crippen molar-refractivity contribution in [1.82, 2.24) is 25.1 Å². The minimum atomic E-state index is 0.416. The third kappa shape index (κ3) is 3.42. The lowest BCUT2D eigenvalue weighted by Gasteiger charge is -2.34. The SMILES string of the molecule is CN1CCN(c2ccc(N(c3nccc(N)n3)c3n[nH]c4ccccc34)cc2)CC1. The molecule has 0 bridgehead atoms. The second-order valence-corrected chi connectivity index (χ2v) is 7.52. The highest BCUT2D eigenvalue weighted by Crippen LogP contribution is 2.36. The minimum absolute atomic E-state index is 0.416. The van der Waals surface area contributed by atoms with Gasteiger partial charge in [0.1, 0.15) is 5.82 Å². The van der Waals surface area contributed by atoms with Gasteiger partial charge in [-0.2, -0.15) is 10.1 Å². The maximum Gasteiger partial charge on any atom is 0.237 e. The van der Waals surface area contributed by atoms with E-state index in [2.05, 4.69) is 61.3 Å². The van der Waals surface area contributed by atoms with E-state index in [1.165, 1.54) is 5.69 Å². The van der Waals surface area contributed by atoms with Gasteiger partial charge in [0.25, 0.3) is 0 Å². The van der Waals surface area contributed by atoms with Gasteiger partial charge in [0.15, 0.2) is 5.82 Å². The molecule has 152 valence electrons. The number of nitrogens with one attached hydrogen (secondary N) is 1. The molecule has 30 heavy (non-hydrogen) atoms. The molecule has 5 rings (SSSR count). The van der Waals surface area contributed by atoms with Crippen LogP contribution in [0.2, 0.25) is 0 Å². The van der Waals surface area contributed by atoms with Crippen molar-refractivity contribution < 1.29 is 0 Å². The fraction of sp³-hybridized carbons (Fsp3) is 0.227. The third-order valence-corrected chi connectivity index (χ3v) is 5.50. The first kappa shape index (κ1) is 18.4. The largest absolute Gasteiger partial charge is 0.384 e. The number of para-hydroxylation sites is 1. The molecule has 2 aromatic heterocycles. The molecule has 1 fully saturated rings. The summed E-state index contributed by atoms with van der Waals surface area (Å²) < 4.78 is 0. The predicted molar refractivity (Wildman–Crippen MR) is 120 cm³/mol. The van der Waals surface area contributed by atoms with Crippen molar-refractivity contribution in [1.29, 1.82) is 0 Å². The van der Waals surface area contributed by atoms with Crippen LogP contribution in [-0.2, 0) is 0 Å². The maximum absolute atomic E-state index is 5.96. The number of nitrogens with two attached hydrogens (primary N) is 1. The zero-order chi connectivity index (χ0) is 20.5. The molecule has 2 aromatic carbocycles. The molecule has 0 aliphatic carbocycles. The number of likely N-dealkylation sites (N-methyl/N-ethyl adjacent to an activating group) is 1. The number of nitrogen functional groups attached to an aromatic ring is 1. The van der Waals surface area contributed by atoms with Crippen LogP contribution in [0.25, 0.3) is 10.9 Å². The fourth-order valence-electron chi connectivity index (χ4n) is 3.80. The van der Waals surface area contributed by atoms with Crippen molar-refractivity contribution in [2.45, 2.75) is 0 Å². The molecule has 0 radical (unpaired) electrons. The summed E-state index contributed by atoms with van der Waals surface area (Å²) in [6.45, 7) is 4.21. The van der Waals surface area contributed by atoms with Gasteiger partial charge in [-0.15, -0.1) is 0 Å². The Kier molecular flexibility index (Phi) is 4.68. The number of anilines is 5. The molecule has 1 saturated heterocycles. The number of hydrogen-bond donors (Lipinski definition) is 2. The van der Waals surface area contributed by atoms with E-state index in [0.29, 0.717) is 11.8 Å². The highest BCUT2D eigenvalue weighted by Gasteiger charge is 2.21. The number of rotatable bonds is 4. The average Bonchev–Trinajstić information content (AvgIpc) is 3.19. The topological polar surface area (TPSA) is 90.2 Å². The van der Waals surface area contributed by atoms with Crippen molar-refractivity contribution in [3.63, 3.8) is 0 Å². The number of piperazine rings is 1. The number of benzene rings is 2. The zero-order valence-corrected chi connectivity index (χ0v) is 16.9. The van der Waals surface area contributed by atoms with Crippen LogP contribution < -0.4 is 15.5 Å². The van der Waals surface area contributed by atoms with E-state index in [0.717, 1.165) is 48.6 Å². The monoisotopic (exact) mass is 400 g/mol. The summed E-state index contributed by atoms with van der Waals surface area (Å²) in [5, 5.41) is 8.65. The number of aromatic nitrogens is 4. The van der Waals surface area contributed by atoms with Crippen LogP contribution in [0.4, 0.5) is 29.0 Å². The smallest absolute Gasteiger partial charge is 0.237 e. The first-order valence-electron chi connectivity index (χ1n) is 10.0. The Balaban J connectivity index is 1.55. The summed E-state index contributed by atoms with van der Waals surface area (Å²) in [6.07, 6.45) is 1.66. The molecule has 3 N–H and O–H groups in total. The molecule has 1 aliphatic heterocycles. The van der Waals surface area contributed by atoms with Gasteiger partial charge in [0.2, 0.25) is 5.95 Å². The lowest BCUT2D eigenvalue weighted by atomic mass is 10.2. The Hall–Kier alpha value is -3.65. The molecule has 4 aromatic rings. The van der Waals surface area contributed by atoms with E-state index in [-0.39, 0.29) is 0 Å². The normalized spacial score (nSPS) is 14.9. The quantitative estimate of drug-likeness (QED) is 0.544. The Morgan fingerprint density at radius 3 is 2.50 bits per heavy atom. The number of fused-ring (bicyclic) bond motifs is 1. The van der Waals surface area contributed by atoms with Gasteiger partial charge in [-0.1, -0.05) is 12.1 Å². The lowest BCUT2D eigenvalue weighted by Crippen LogP contribution is -2.44. The zero-order valence-electron chi connectivity index (χ0n) is 16.9. The number of nitrogens with zero attached hydrogens (tertiary/aromatic N) is 6. The Morgan fingerprint density at radius 1 is 0.967 bits per heavy atom. The fourth-order valence-corrected chi connectivity index (χ4v) is 3.80. The van der Waals surface area contributed by atoms with E-state index in [1.807, 2.05) is 29.2 Å². The number of hydrogen-bond acceptors (Lipinski definition) is 7. The molecule has 8 heteroatoms. The van der Waals surface area contributed by atoms with E-state index in [9.17, 15) is 0 Å². The first-order chi connectivity index (χ1) is 14.7. The van der Waals surface area contributed by atoms with Gasteiger partial charge < -0.3 is 15.5 Å². The van der Waals surface area contributed by atoms with E-state index >= 15 is 0 Å². The van der Waals surface area contributed by atoms with Crippen molar-refractivity contribution in [3.8, 4) is 0 Å². The Morgan fingerprint density at radius 2 is 1.73 bits per heavy atom. The van der Waals surface area contributed by atoms with Crippen LogP contribution in [0, 0.1) is 0 Å². The molecular formula is C22H24N8. The van der Waals surface area contributed by atoms with Crippen molar-refractivity contribution in [3.05, 3.63) is 60.8 Å². The molecular weight excluding hydrogens is 376 g/mol. The molecule has 3 heterocycles. The Bertz CT molecular complexity index is 1150. The van der Waals surface area contributed by atoms with Gasteiger partial charge in [0.05, 0.1) is 11.2 Å². The molecule has 1 aliphatic rings. The molecule has 8 nitrogen and oxygen atoms in total. The Labute approximate surface area is 175 Å². The van der Waals surface area contributed by atoms with Gasteiger partial charge >= 0.3 is 0 Å². The average molecular weight is 400 g/mol. The van der Waals surface area contributed by atoms with E-state index in [4.69, 9.17) is 5.73 Å². The summed E-state index contributed by atoms with van der Waals surface area (Å²) >= 11 is 0. The molecule has 0 unspecified atom stereocenters.